The minimum Gasteiger partial charge on any atom is -0.331 e. The smallest absolute Gasteiger partial charge is 0.0950 e. The Morgan fingerprint density at radius 2 is 2.26 bits per heavy atom. The normalized spacial score (nSPS) is 18.9. The summed E-state index contributed by atoms with van der Waals surface area (Å²) in [6, 6.07) is 8.59. The zero-order chi connectivity index (χ0) is 13.1. The first-order chi connectivity index (χ1) is 9.34. The molecule has 1 aromatic carbocycles. The monoisotopic (exact) mass is 275 g/mol. The fourth-order valence-electron chi connectivity index (χ4n) is 2.69. The number of nitrogens with zero attached hydrogens (tertiary/aromatic N) is 2. The van der Waals surface area contributed by atoms with Crippen LogP contribution < -0.4 is 5.32 Å². The van der Waals surface area contributed by atoms with E-state index < -0.39 is 0 Å². The Bertz CT molecular complexity index is 544. The molecule has 1 atom stereocenters. The topological polar surface area (TPSA) is 29.9 Å². The van der Waals surface area contributed by atoms with Gasteiger partial charge in [-0.1, -0.05) is 29.8 Å². The summed E-state index contributed by atoms with van der Waals surface area (Å²) >= 11 is 6.26. The van der Waals surface area contributed by atoms with Crippen molar-refractivity contribution in [3.8, 4) is 11.3 Å². The molecule has 0 aliphatic carbocycles. The van der Waals surface area contributed by atoms with Crippen LogP contribution in [-0.2, 0) is 6.54 Å². The molecule has 19 heavy (non-hydrogen) atoms. The van der Waals surface area contributed by atoms with E-state index in [4.69, 9.17) is 11.6 Å². The van der Waals surface area contributed by atoms with Gasteiger partial charge in [0, 0.05) is 23.2 Å². The second kappa shape index (κ2) is 5.76. The molecule has 0 bridgehead atoms. The fraction of sp³-hybridized carbons (Fsp3) is 0.400. The summed E-state index contributed by atoms with van der Waals surface area (Å²) in [5.74, 6) is 0. The molecule has 0 saturated carbocycles. The number of halogens is 1. The maximum absolute atomic E-state index is 6.26. The lowest BCUT2D eigenvalue weighted by Crippen LogP contribution is -2.22. The zero-order valence-electron chi connectivity index (χ0n) is 10.8. The van der Waals surface area contributed by atoms with Gasteiger partial charge in [-0.05, 0) is 31.9 Å². The van der Waals surface area contributed by atoms with Crippen molar-refractivity contribution in [1.82, 2.24) is 14.9 Å². The summed E-state index contributed by atoms with van der Waals surface area (Å²) in [5.41, 5.74) is 2.16. The summed E-state index contributed by atoms with van der Waals surface area (Å²) in [7, 11) is 0. The van der Waals surface area contributed by atoms with Gasteiger partial charge >= 0.3 is 0 Å². The Labute approximate surface area is 118 Å². The highest BCUT2D eigenvalue weighted by Crippen LogP contribution is 2.27. The van der Waals surface area contributed by atoms with Crippen molar-refractivity contribution in [3.63, 3.8) is 0 Å². The molecule has 4 heteroatoms. The van der Waals surface area contributed by atoms with Gasteiger partial charge in [-0.25, -0.2) is 4.98 Å². The second-order valence-corrected chi connectivity index (χ2v) is 5.44. The highest BCUT2D eigenvalue weighted by Gasteiger charge is 2.15. The SMILES string of the molecule is Clc1ccccc1-c1cncn1CCC1CCCN1. The van der Waals surface area contributed by atoms with Gasteiger partial charge in [-0.2, -0.15) is 0 Å². The van der Waals surface area contributed by atoms with E-state index in [1.54, 1.807) is 0 Å². The van der Waals surface area contributed by atoms with Crippen LogP contribution in [0.4, 0.5) is 0 Å². The van der Waals surface area contributed by atoms with Crippen LogP contribution in [0.15, 0.2) is 36.8 Å². The highest BCUT2D eigenvalue weighted by atomic mass is 35.5. The van der Waals surface area contributed by atoms with Crippen molar-refractivity contribution < 1.29 is 0 Å². The average molecular weight is 276 g/mol. The van der Waals surface area contributed by atoms with Crippen molar-refractivity contribution in [1.29, 1.82) is 0 Å². The van der Waals surface area contributed by atoms with E-state index in [2.05, 4.69) is 14.9 Å². The van der Waals surface area contributed by atoms with Crippen LogP contribution >= 0.6 is 11.6 Å². The second-order valence-electron chi connectivity index (χ2n) is 5.03. The molecule has 3 nitrogen and oxygen atoms in total. The van der Waals surface area contributed by atoms with Crippen LogP contribution in [0.3, 0.4) is 0 Å². The first-order valence-electron chi connectivity index (χ1n) is 6.83. The quantitative estimate of drug-likeness (QED) is 0.927. The van der Waals surface area contributed by atoms with Crippen molar-refractivity contribution in [2.75, 3.05) is 6.54 Å². The van der Waals surface area contributed by atoms with Gasteiger partial charge in [0.05, 0.1) is 18.2 Å². The summed E-state index contributed by atoms with van der Waals surface area (Å²) in [5, 5.41) is 4.31. The average Bonchev–Trinajstić information content (AvgIpc) is 3.08. The lowest BCUT2D eigenvalue weighted by Gasteiger charge is -2.13. The summed E-state index contributed by atoms with van der Waals surface area (Å²) in [4.78, 5) is 4.27. The van der Waals surface area contributed by atoms with Crippen molar-refractivity contribution in [3.05, 3.63) is 41.8 Å². The molecule has 100 valence electrons. The van der Waals surface area contributed by atoms with Crippen LogP contribution in [0, 0.1) is 0 Å². The molecule has 1 unspecified atom stereocenters. The lowest BCUT2D eigenvalue weighted by molar-refractivity contribution is 0.507. The van der Waals surface area contributed by atoms with E-state index >= 15 is 0 Å². The van der Waals surface area contributed by atoms with Crippen LogP contribution in [0.2, 0.25) is 5.02 Å². The Morgan fingerprint density at radius 1 is 1.37 bits per heavy atom. The standard InChI is InChI=1S/C15H18ClN3/c16-14-6-2-1-5-13(14)15-10-17-11-19(15)9-7-12-4-3-8-18-12/h1-2,5-6,10-12,18H,3-4,7-9H2. The molecule has 1 saturated heterocycles. The van der Waals surface area contributed by atoms with Gasteiger partial charge in [0.15, 0.2) is 0 Å². The molecule has 1 aliphatic rings. The third-order valence-corrected chi connectivity index (χ3v) is 4.07. The van der Waals surface area contributed by atoms with Gasteiger partial charge in [0.25, 0.3) is 0 Å². The number of benzene rings is 1. The predicted molar refractivity (Wildman–Crippen MR) is 78.3 cm³/mol. The molecule has 2 heterocycles. The third-order valence-electron chi connectivity index (χ3n) is 3.74. The molecular formula is C15H18ClN3. The van der Waals surface area contributed by atoms with Gasteiger partial charge < -0.3 is 9.88 Å². The Hall–Kier alpha value is -1.32. The van der Waals surface area contributed by atoms with E-state index in [1.165, 1.54) is 12.8 Å². The molecular weight excluding hydrogens is 258 g/mol. The van der Waals surface area contributed by atoms with Gasteiger partial charge in [0.2, 0.25) is 0 Å². The number of aromatic nitrogens is 2. The zero-order valence-corrected chi connectivity index (χ0v) is 11.6. The molecule has 0 radical (unpaired) electrons. The first kappa shape index (κ1) is 12.7. The summed E-state index contributed by atoms with van der Waals surface area (Å²) < 4.78 is 2.20. The Kier molecular flexibility index (Phi) is 3.85. The Morgan fingerprint density at radius 3 is 3.05 bits per heavy atom. The third kappa shape index (κ3) is 2.82. The fourth-order valence-corrected chi connectivity index (χ4v) is 2.92. The summed E-state index contributed by atoms with van der Waals surface area (Å²) in [6.45, 7) is 2.14. The van der Waals surface area contributed by atoms with E-state index in [0.717, 1.165) is 35.8 Å². The highest BCUT2D eigenvalue weighted by molar-refractivity contribution is 6.33. The van der Waals surface area contributed by atoms with Crippen LogP contribution in [-0.4, -0.2) is 22.1 Å². The molecule has 1 N–H and O–H groups in total. The van der Waals surface area contributed by atoms with Crippen molar-refractivity contribution in [2.24, 2.45) is 0 Å². The maximum Gasteiger partial charge on any atom is 0.0950 e. The van der Waals surface area contributed by atoms with Crippen molar-refractivity contribution in [2.45, 2.75) is 31.8 Å². The van der Waals surface area contributed by atoms with Crippen LogP contribution in [0.25, 0.3) is 11.3 Å². The number of hydrogen-bond acceptors (Lipinski definition) is 2. The predicted octanol–water partition coefficient (Wildman–Crippen LogP) is 3.35. The molecule has 0 amide bonds. The number of hydrogen-bond donors (Lipinski definition) is 1. The molecule has 1 aliphatic heterocycles. The minimum absolute atomic E-state index is 0.654. The molecule has 3 rings (SSSR count). The number of rotatable bonds is 4. The minimum atomic E-state index is 0.654. The van der Waals surface area contributed by atoms with E-state index in [9.17, 15) is 0 Å². The van der Waals surface area contributed by atoms with Crippen molar-refractivity contribution >= 4 is 11.6 Å². The van der Waals surface area contributed by atoms with Gasteiger partial charge in [-0.15, -0.1) is 0 Å². The maximum atomic E-state index is 6.26. The number of aryl methyl sites for hydroxylation is 1. The molecule has 2 aromatic rings. The van der Waals surface area contributed by atoms with Crippen LogP contribution in [0.5, 0.6) is 0 Å². The number of imidazole rings is 1. The van der Waals surface area contributed by atoms with Gasteiger partial charge in [0.1, 0.15) is 0 Å². The van der Waals surface area contributed by atoms with Gasteiger partial charge in [-0.3, -0.25) is 0 Å². The van der Waals surface area contributed by atoms with E-state index in [1.807, 2.05) is 36.8 Å². The molecule has 1 fully saturated rings. The first-order valence-corrected chi connectivity index (χ1v) is 7.21. The Balaban J connectivity index is 1.76. The van der Waals surface area contributed by atoms with E-state index in [-0.39, 0.29) is 0 Å². The lowest BCUT2D eigenvalue weighted by atomic mass is 10.1. The van der Waals surface area contributed by atoms with E-state index in [0.29, 0.717) is 6.04 Å². The molecule has 1 aromatic heterocycles. The van der Waals surface area contributed by atoms with Crippen LogP contribution in [0.1, 0.15) is 19.3 Å². The largest absolute Gasteiger partial charge is 0.331 e. The molecule has 0 spiro atoms. The summed E-state index contributed by atoms with van der Waals surface area (Å²) in [6.07, 6.45) is 7.52. The number of nitrogens with one attached hydrogen (secondary N) is 1.